The third kappa shape index (κ3) is 5.76. The van der Waals surface area contributed by atoms with E-state index in [1.807, 2.05) is 0 Å². The minimum Gasteiger partial charge on any atom is -0.356 e. The number of fused-ring (bicyclic) bond motifs is 9. The SMILES string of the molecule is Cc1c2[nH]c(c1C)C(c1ccccc1)=c1[nH]c(c(C)c1C)=Cc1[nH]c(c(-c3ccccc3)c1-c1ccccc1)C1=C(c3ccccc3)C(c3ccccc3)C(=C2)N1. The van der Waals surface area contributed by atoms with Crippen molar-refractivity contribution in [2.75, 3.05) is 0 Å². The van der Waals surface area contributed by atoms with Crippen molar-refractivity contribution in [3.63, 3.8) is 0 Å². The third-order valence-electron chi connectivity index (χ3n) is 12.1. The zero-order valence-electron chi connectivity index (χ0n) is 32.7. The summed E-state index contributed by atoms with van der Waals surface area (Å²) in [4.78, 5) is 12.0. The molecule has 3 aromatic heterocycles. The summed E-state index contributed by atoms with van der Waals surface area (Å²) >= 11 is 0. The van der Waals surface area contributed by atoms with Crippen molar-refractivity contribution in [2.45, 2.75) is 33.6 Å². The van der Waals surface area contributed by atoms with Crippen LogP contribution in [-0.2, 0) is 0 Å². The van der Waals surface area contributed by atoms with Crippen molar-refractivity contribution in [3.8, 4) is 22.3 Å². The smallest absolute Gasteiger partial charge is 0.0713 e. The molecule has 0 radical (unpaired) electrons. The summed E-state index contributed by atoms with van der Waals surface area (Å²) in [5, 5.41) is 6.31. The molecule has 8 aromatic rings. The number of rotatable bonds is 5. The molecule has 1 unspecified atom stereocenters. The highest BCUT2D eigenvalue weighted by molar-refractivity contribution is 6.05. The molecule has 5 aromatic carbocycles. The molecule has 4 N–H and O–H groups in total. The summed E-state index contributed by atoms with van der Waals surface area (Å²) in [7, 11) is 0. The van der Waals surface area contributed by atoms with Gasteiger partial charge in [0.2, 0.25) is 0 Å². The van der Waals surface area contributed by atoms with Crippen LogP contribution in [0.15, 0.2) is 157 Å². The largest absolute Gasteiger partial charge is 0.356 e. The van der Waals surface area contributed by atoms with Crippen molar-refractivity contribution in [2.24, 2.45) is 0 Å². The minimum absolute atomic E-state index is 0.0622. The standard InChI is InChI=1S/C53H44N4/c1-32-34(3)50-49(40-28-18-9-19-29-40)51-35(4)33(2)42(55-51)31-44-46(37-22-12-6-13-23-37)48(39-26-16-8-17-27-39)53(57-44)52-47(38-24-14-7-15-25-38)45(36-20-10-5-11-21-36)43(56-52)30-41(32)54-50/h5-31,45,54-57H,1-4H3. The Labute approximate surface area is 333 Å². The molecule has 1 atom stereocenters. The maximum Gasteiger partial charge on any atom is 0.0713 e. The van der Waals surface area contributed by atoms with Crippen LogP contribution in [0.5, 0.6) is 0 Å². The van der Waals surface area contributed by atoms with E-state index >= 15 is 0 Å². The van der Waals surface area contributed by atoms with Crippen LogP contribution in [0.2, 0.25) is 0 Å². The normalized spacial score (nSPS) is 14.8. The Morgan fingerprint density at radius 2 is 0.947 bits per heavy atom. The number of benzene rings is 5. The topological polar surface area (TPSA) is 59.4 Å². The molecule has 0 aliphatic carbocycles. The number of hydrogen-bond acceptors (Lipinski definition) is 1. The van der Waals surface area contributed by atoms with Crippen molar-refractivity contribution < 1.29 is 0 Å². The monoisotopic (exact) mass is 736 g/mol. The summed E-state index contributed by atoms with van der Waals surface area (Å²) in [6.07, 6.45) is 4.68. The van der Waals surface area contributed by atoms with E-state index in [9.17, 15) is 0 Å². The summed E-state index contributed by atoms with van der Waals surface area (Å²) in [5.41, 5.74) is 22.0. The molecule has 5 heterocycles. The Morgan fingerprint density at radius 3 is 1.56 bits per heavy atom. The summed E-state index contributed by atoms with van der Waals surface area (Å²) in [5.74, 6) is -0.0622. The molecule has 276 valence electrons. The van der Waals surface area contributed by atoms with E-state index in [1.54, 1.807) is 0 Å². The van der Waals surface area contributed by atoms with E-state index in [2.05, 4.69) is 212 Å². The van der Waals surface area contributed by atoms with Gasteiger partial charge in [-0.05, 0) is 95.5 Å². The van der Waals surface area contributed by atoms with Gasteiger partial charge in [-0.25, -0.2) is 0 Å². The number of nitrogens with one attached hydrogen (secondary N) is 4. The lowest BCUT2D eigenvalue weighted by Gasteiger charge is -2.17. The maximum atomic E-state index is 4.11. The van der Waals surface area contributed by atoms with Crippen LogP contribution in [0.1, 0.15) is 67.6 Å². The van der Waals surface area contributed by atoms with Gasteiger partial charge in [-0.15, -0.1) is 0 Å². The van der Waals surface area contributed by atoms with E-state index in [1.165, 1.54) is 50.1 Å². The van der Waals surface area contributed by atoms with Gasteiger partial charge in [0.25, 0.3) is 0 Å². The first-order valence-electron chi connectivity index (χ1n) is 19.8. The van der Waals surface area contributed by atoms with Crippen LogP contribution in [0.3, 0.4) is 0 Å². The molecular weight excluding hydrogens is 693 g/mol. The Hall–Kier alpha value is -7.04. The van der Waals surface area contributed by atoms with Gasteiger partial charge in [0.05, 0.1) is 28.4 Å². The Bertz CT molecular complexity index is 2980. The lowest BCUT2D eigenvalue weighted by Crippen LogP contribution is -2.17. The number of H-pyrrole nitrogens is 3. The van der Waals surface area contributed by atoms with Gasteiger partial charge >= 0.3 is 0 Å². The van der Waals surface area contributed by atoms with E-state index in [0.29, 0.717) is 0 Å². The van der Waals surface area contributed by atoms with Gasteiger partial charge in [-0.3, -0.25) is 0 Å². The molecule has 0 spiro atoms. The van der Waals surface area contributed by atoms with Crippen LogP contribution < -0.4 is 16.0 Å². The quantitative estimate of drug-likeness (QED) is 0.140. The first-order valence-corrected chi connectivity index (χ1v) is 19.8. The highest BCUT2D eigenvalue weighted by Gasteiger charge is 2.36. The van der Waals surface area contributed by atoms with Crippen molar-refractivity contribution in [3.05, 3.63) is 230 Å². The third-order valence-corrected chi connectivity index (χ3v) is 12.1. The number of aromatic nitrogens is 3. The molecule has 57 heavy (non-hydrogen) atoms. The molecule has 2 aliphatic heterocycles. The summed E-state index contributed by atoms with van der Waals surface area (Å²) in [6.45, 7) is 8.98. The Balaban J connectivity index is 1.42. The zero-order valence-corrected chi connectivity index (χ0v) is 32.7. The first-order chi connectivity index (χ1) is 28.0. The fraction of sp³-hybridized carbons (Fsp3) is 0.0943. The van der Waals surface area contributed by atoms with E-state index in [-0.39, 0.29) is 5.92 Å². The second kappa shape index (κ2) is 13.9. The minimum atomic E-state index is -0.0622. The van der Waals surface area contributed by atoms with Gasteiger partial charge in [0, 0.05) is 39.1 Å². The van der Waals surface area contributed by atoms with Crippen LogP contribution in [0.4, 0.5) is 0 Å². The maximum absolute atomic E-state index is 4.11. The van der Waals surface area contributed by atoms with Crippen LogP contribution in [0, 0.1) is 27.7 Å². The van der Waals surface area contributed by atoms with Gasteiger partial charge in [-0.2, -0.15) is 0 Å². The molecule has 0 saturated carbocycles. The lowest BCUT2D eigenvalue weighted by molar-refractivity contribution is 0.970. The molecule has 0 saturated heterocycles. The van der Waals surface area contributed by atoms with Gasteiger partial charge in [0.15, 0.2) is 0 Å². The fourth-order valence-corrected chi connectivity index (χ4v) is 8.96. The highest BCUT2D eigenvalue weighted by atomic mass is 15.0. The Kier molecular flexibility index (Phi) is 8.41. The van der Waals surface area contributed by atoms with Crippen molar-refractivity contribution >= 4 is 29.0 Å². The highest BCUT2D eigenvalue weighted by Crippen LogP contribution is 2.50. The number of aromatic amines is 3. The van der Waals surface area contributed by atoms with E-state index in [0.717, 1.165) is 67.1 Å². The van der Waals surface area contributed by atoms with Gasteiger partial charge < -0.3 is 20.3 Å². The molecule has 0 amide bonds. The zero-order chi connectivity index (χ0) is 38.6. The summed E-state index contributed by atoms with van der Waals surface area (Å²) < 4.78 is 0. The predicted octanol–water partition coefficient (Wildman–Crippen LogP) is 10.9. The van der Waals surface area contributed by atoms with E-state index in [4.69, 9.17) is 0 Å². The average Bonchev–Trinajstić information content (AvgIpc) is 3.98. The lowest BCUT2D eigenvalue weighted by atomic mass is 9.84. The second-order valence-electron chi connectivity index (χ2n) is 15.3. The molecule has 4 nitrogen and oxygen atoms in total. The predicted molar refractivity (Wildman–Crippen MR) is 237 cm³/mol. The van der Waals surface area contributed by atoms with Crippen LogP contribution in [-0.4, -0.2) is 15.0 Å². The van der Waals surface area contributed by atoms with Gasteiger partial charge in [0.1, 0.15) is 0 Å². The van der Waals surface area contributed by atoms with Crippen molar-refractivity contribution in [1.29, 1.82) is 0 Å². The number of hydrogen-bond donors (Lipinski definition) is 4. The average molecular weight is 737 g/mol. The molecule has 10 rings (SSSR count). The molecular formula is C53H44N4. The van der Waals surface area contributed by atoms with Crippen LogP contribution >= 0.6 is 0 Å². The second-order valence-corrected chi connectivity index (χ2v) is 15.3. The molecule has 8 bridgehead atoms. The van der Waals surface area contributed by atoms with Crippen LogP contribution in [0.25, 0.3) is 51.2 Å². The van der Waals surface area contributed by atoms with Crippen molar-refractivity contribution in [1.82, 2.24) is 20.3 Å². The van der Waals surface area contributed by atoms with Gasteiger partial charge in [-0.1, -0.05) is 152 Å². The van der Waals surface area contributed by atoms with E-state index < -0.39 is 0 Å². The molecule has 4 heteroatoms. The molecule has 2 aliphatic rings. The fourth-order valence-electron chi connectivity index (χ4n) is 8.96. The molecule has 0 fully saturated rings. The summed E-state index contributed by atoms with van der Waals surface area (Å²) in [6, 6.07) is 54.3. The number of allylic oxidation sites excluding steroid dienone is 1. The first kappa shape index (κ1) is 34.5. The Morgan fingerprint density at radius 1 is 0.421 bits per heavy atom.